The average molecular weight is 367 g/mol. The van der Waals surface area contributed by atoms with E-state index in [1.54, 1.807) is 27.7 Å². The standard InChI is InChI=1S/C19H29NO6/c1-11(2)24-16-14(21)15(22)19(25-12(3)4)26-17(16)18(23)20-10-13-8-6-5-7-9-13/h5-9,11-12,14-17,19,21-22H,10H2,1-4H3,(H,20,23)/t14-,15+,16-,17?,19-/m1/s1. The Morgan fingerprint density at radius 3 is 2.27 bits per heavy atom. The molecule has 146 valence electrons. The number of aliphatic hydroxyl groups is 2. The minimum Gasteiger partial charge on any atom is -0.387 e. The number of rotatable bonds is 7. The Bertz CT molecular complexity index is 564. The van der Waals surface area contributed by atoms with Gasteiger partial charge in [-0.2, -0.15) is 0 Å². The zero-order chi connectivity index (χ0) is 19.3. The molecule has 0 aliphatic carbocycles. The largest absolute Gasteiger partial charge is 0.387 e. The lowest BCUT2D eigenvalue weighted by molar-refractivity contribution is -0.307. The van der Waals surface area contributed by atoms with Crippen LogP contribution in [-0.4, -0.2) is 59.0 Å². The molecule has 1 unspecified atom stereocenters. The van der Waals surface area contributed by atoms with Crippen molar-refractivity contribution in [2.75, 3.05) is 0 Å². The number of carbonyl (C=O) groups excluding carboxylic acids is 1. The van der Waals surface area contributed by atoms with E-state index in [0.717, 1.165) is 5.56 Å². The molecule has 0 saturated carbocycles. The highest BCUT2D eigenvalue weighted by Crippen LogP contribution is 2.26. The fourth-order valence-electron chi connectivity index (χ4n) is 2.78. The number of hydrogen-bond acceptors (Lipinski definition) is 6. The molecular weight excluding hydrogens is 338 g/mol. The first-order chi connectivity index (χ1) is 12.3. The third kappa shape index (κ3) is 5.49. The molecule has 1 aromatic carbocycles. The van der Waals surface area contributed by atoms with Crippen molar-refractivity contribution in [3.63, 3.8) is 0 Å². The Hall–Kier alpha value is -1.51. The van der Waals surface area contributed by atoms with Crippen molar-refractivity contribution in [1.29, 1.82) is 0 Å². The van der Waals surface area contributed by atoms with Crippen molar-refractivity contribution in [1.82, 2.24) is 5.32 Å². The van der Waals surface area contributed by atoms with Crippen LogP contribution in [0.2, 0.25) is 0 Å². The van der Waals surface area contributed by atoms with E-state index in [1.165, 1.54) is 0 Å². The summed E-state index contributed by atoms with van der Waals surface area (Å²) < 4.78 is 16.8. The van der Waals surface area contributed by atoms with Crippen molar-refractivity contribution in [2.45, 2.75) is 77.2 Å². The van der Waals surface area contributed by atoms with Gasteiger partial charge >= 0.3 is 0 Å². The van der Waals surface area contributed by atoms with Crippen LogP contribution in [0.5, 0.6) is 0 Å². The van der Waals surface area contributed by atoms with Crippen LogP contribution >= 0.6 is 0 Å². The van der Waals surface area contributed by atoms with Crippen molar-refractivity contribution >= 4 is 5.91 Å². The SMILES string of the molecule is CC(C)O[C@@H]1OC(C(=O)NCc2ccccc2)[C@H](OC(C)C)[C@H](O)[C@@H]1O. The maximum Gasteiger partial charge on any atom is 0.252 e. The number of aliphatic hydroxyl groups excluding tert-OH is 2. The van der Waals surface area contributed by atoms with E-state index in [-0.39, 0.29) is 12.2 Å². The molecule has 1 aromatic rings. The third-order valence-corrected chi connectivity index (χ3v) is 3.95. The summed E-state index contributed by atoms with van der Waals surface area (Å²) in [4.78, 5) is 12.7. The van der Waals surface area contributed by atoms with Gasteiger partial charge in [0.05, 0.1) is 12.2 Å². The fourth-order valence-corrected chi connectivity index (χ4v) is 2.78. The van der Waals surface area contributed by atoms with Crippen LogP contribution in [0.1, 0.15) is 33.3 Å². The first kappa shape index (κ1) is 20.8. The minimum absolute atomic E-state index is 0.238. The lowest BCUT2D eigenvalue weighted by Gasteiger charge is -2.42. The van der Waals surface area contributed by atoms with Crippen LogP contribution in [0.3, 0.4) is 0 Å². The van der Waals surface area contributed by atoms with Gasteiger partial charge in [0, 0.05) is 6.54 Å². The molecule has 0 bridgehead atoms. The monoisotopic (exact) mass is 367 g/mol. The highest BCUT2D eigenvalue weighted by atomic mass is 16.7. The highest BCUT2D eigenvalue weighted by molar-refractivity contribution is 5.81. The van der Waals surface area contributed by atoms with E-state index in [1.807, 2.05) is 30.3 Å². The van der Waals surface area contributed by atoms with Gasteiger partial charge in [-0.1, -0.05) is 30.3 Å². The summed E-state index contributed by atoms with van der Waals surface area (Å²) in [7, 11) is 0. The van der Waals surface area contributed by atoms with Crippen LogP contribution < -0.4 is 5.32 Å². The molecule has 5 atom stereocenters. The quantitative estimate of drug-likeness (QED) is 0.664. The second kappa shape index (κ2) is 9.43. The molecule has 26 heavy (non-hydrogen) atoms. The topological polar surface area (TPSA) is 97.3 Å². The van der Waals surface area contributed by atoms with E-state index in [0.29, 0.717) is 6.54 Å². The molecule has 1 amide bonds. The lowest BCUT2D eigenvalue weighted by atomic mass is 9.97. The molecule has 2 rings (SSSR count). The fraction of sp³-hybridized carbons (Fsp3) is 0.632. The second-order valence-corrected chi connectivity index (χ2v) is 6.94. The summed E-state index contributed by atoms with van der Waals surface area (Å²) in [5, 5.41) is 23.5. The molecule has 7 heteroatoms. The normalized spacial score (nSPS) is 29.2. The molecule has 0 aromatic heterocycles. The smallest absolute Gasteiger partial charge is 0.252 e. The number of nitrogens with one attached hydrogen (secondary N) is 1. The maximum atomic E-state index is 12.7. The lowest BCUT2D eigenvalue weighted by Crippen LogP contribution is -2.63. The van der Waals surface area contributed by atoms with Gasteiger partial charge in [0.15, 0.2) is 12.4 Å². The molecule has 1 aliphatic rings. The number of hydrogen-bond donors (Lipinski definition) is 3. The van der Waals surface area contributed by atoms with Gasteiger partial charge in [0.2, 0.25) is 0 Å². The Morgan fingerprint density at radius 2 is 1.69 bits per heavy atom. The van der Waals surface area contributed by atoms with Crippen LogP contribution in [0.15, 0.2) is 30.3 Å². The molecule has 1 aliphatic heterocycles. The molecule has 0 radical (unpaired) electrons. The van der Waals surface area contributed by atoms with Crippen LogP contribution in [0.25, 0.3) is 0 Å². The van der Waals surface area contributed by atoms with Gasteiger partial charge in [0.25, 0.3) is 5.91 Å². The predicted octanol–water partition coefficient (Wildman–Crippen LogP) is 0.968. The van der Waals surface area contributed by atoms with E-state index < -0.39 is 36.6 Å². The van der Waals surface area contributed by atoms with Crippen molar-refractivity contribution in [3.05, 3.63) is 35.9 Å². The van der Waals surface area contributed by atoms with Crippen molar-refractivity contribution in [2.24, 2.45) is 0 Å². The molecule has 1 saturated heterocycles. The van der Waals surface area contributed by atoms with Gasteiger partial charge in [0.1, 0.15) is 18.3 Å². The van der Waals surface area contributed by atoms with Gasteiger partial charge in [-0.3, -0.25) is 4.79 Å². The number of benzene rings is 1. The van der Waals surface area contributed by atoms with Crippen LogP contribution in [0, 0.1) is 0 Å². The first-order valence-electron chi connectivity index (χ1n) is 8.93. The first-order valence-corrected chi connectivity index (χ1v) is 8.93. The summed E-state index contributed by atoms with van der Waals surface area (Å²) in [6.07, 6.45) is -6.29. The minimum atomic E-state index is -1.31. The zero-order valence-corrected chi connectivity index (χ0v) is 15.7. The summed E-state index contributed by atoms with van der Waals surface area (Å²) >= 11 is 0. The van der Waals surface area contributed by atoms with Gasteiger partial charge in [-0.25, -0.2) is 0 Å². The molecule has 7 nitrogen and oxygen atoms in total. The van der Waals surface area contributed by atoms with Crippen molar-refractivity contribution < 1.29 is 29.2 Å². The molecule has 1 heterocycles. The third-order valence-electron chi connectivity index (χ3n) is 3.95. The zero-order valence-electron chi connectivity index (χ0n) is 15.7. The summed E-state index contributed by atoms with van der Waals surface area (Å²) in [6, 6.07) is 9.46. The summed E-state index contributed by atoms with van der Waals surface area (Å²) in [5.74, 6) is -0.428. The Morgan fingerprint density at radius 1 is 1.08 bits per heavy atom. The maximum absolute atomic E-state index is 12.7. The van der Waals surface area contributed by atoms with Crippen molar-refractivity contribution in [3.8, 4) is 0 Å². The van der Waals surface area contributed by atoms with Crippen LogP contribution in [0.4, 0.5) is 0 Å². The van der Waals surface area contributed by atoms with E-state index >= 15 is 0 Å². The molecule has 1 fully saturated rings. The Kier molecular flexibility index (Phi) is 7.55. The van der Waals surface area contributed by atoms with Crippen LogP contribution in [-0.2, 0) is 25.5 Å². The highest BCUT2D eigenvalue weighted by Gasteiger charge is 2.49. The van der Waals surface area contributed by atoms with Gasteiger partial charge in [-0.05, 0) is 33.3 Å². The summed E-state index contributed by atoms with van der Waals surface area (Å²) in [6.45, 7) is 7.46. The second-order valence-electron chi connectivity index (χ2n) is 6.94. The molecule has 3 N–H and O–H groups in total. The molecule has 0 spiro atoms. The van der Waals surface area contributed by atoms with E-state index in [9.17, 15) is 15.0 Å². The Labute approximate surface area is 154 Å². The van der Waals surface area contributed by atoms with Gasteiger partial charge in [-0.15, -0.1) is 0 Å². The number of ether oxygens (including phenoxy) is 3. The number of amides is 1. The van der Waals surface area contributed by atoms with Gasteiger partial charge < -0.3 is 29.7 Å². The Balaban J connectivity index is 2.11. The predicted molar refractivity (Wildman–Crippen MR) is 95.2 cm³/mol. The summed E-state index contributed by atoms with van der Waals surface area (Å²) in [5.41, 5.74) is 0.938. The van der Waals surface area contributed by atoms with E-state index in [4.69, 9.17) is 14.2 Å². The van der Waals surface area contributed by atoms with E-state index in [2.05, 4.69) is 5.32 Å². The average Bonchev–Trinajstić information content (AvgIpc) is 2.59. The number of carbonyl (C=O) groups is 1. The molecular formula is C19H29NO6.